The first-order valence-electron chi connectivity index (χ1n) is 10.6. The second-order valence-corrected chi connectivity index (χ2v) is 8.68. The standard InChI is InChI=1S/C24H24ClNO4/c1-2-29-23(28)21-20-17-7-3-4-9-19(17)30-24(14-6-5-8-18(20)24)26(22(21)27)16-12-10-15(25)11-13-16/h3-4,7,9-13,18,20-21H,2,5-6,8,14H2,1H3. The largest absolute Gasteiger partial charge is 0.467 e. The van der Waals surface area contributed by atoms with E-state index in [4.69, 9.17) is 21.1 Å². The molecule has 0 aromatic heterocycles. The Morgan fingerprint density at radius 3 is 2.73 bits per heavy atom. The number of nitrogens with zero attached hydrogens (tertiary/aromatic N) is 1. The maximum atomic E-state index is 13.9. The minimum absolute atomic E-state index is 0.0175. The van der Waals surface area contributed by atoms with E-state index in [1.54, 1.807) is 24.0 Å². The Bertz CT molecular complexity index is 991. The van der Waals surface area contributed by atoms with Crippen LogP contribution in [0, 0.1) is 11.8 Å². The van der Waals surface area contributed by atoms with Gasteiger partial charge in [0.1, 0.15) is 11.7 Å². The number of anilines is 1. The highest BCUT2D eigenvalue weighted by Gasteiger charge is 2.65. The molecule has 30 heavy (non-hydrogen) atoms. The van der Waals surface area contributed by atoms with Gasteiger partial charge >= 0.3 is 5.97 Å². The lowest BCUT2D eigenvalue weighted by molar-refractivity contribution is -0.164. The predicted octanol–water partition coefficient (Wildman–Crippen LogP) is 4.93. The van der Waals surface area contributed by atoms with Crippen molar-refractivity contribution in [1.82, 2.24) is 0 Å². The highest BCUT2D eigenvalue weighted by atomic mass is 35.5. The van der Waals surface area contributed by atoms with Crippen LogP contribution in [0.25, 0.3) is 0 Å². The third-order valence-electron chi connectivity index (χ3n) is 6.73. The molecule has 4 unspecified atom stereocenters. The van der Waals surface area contributed by atoms with Crippen molar-refractivity contribution in [2.24, 2.45) is 11.8 Å². The van der Waals surface area contributed by atoms with E-state index >= 15 is 0 Å². The number of ether oxygens (including phenoxy) is 2. The van der Waals surface area contributed by atoms with Gasteiger partial charge in [-0.1, -0.05) is 36.2 Å². The number of esters is 1. The third kappa shape index (κ3) is 2.75. The Kier molecular flexibility index (Phi) is 4.73. The molecule has 0 radical (unpaired) electrons. The van der Waals surface area contributed by atoms with Crippen LogP contribution in [0.3, 0.4) is 0 Å². The summed E-state index contributed by atoms with van der Waals surface area (Å²) in [4.78, 5) is 28.7. The number of para-hydroxylation sites is 1. The maximum Gasteiger partial charge on any atom is 0.319 e. The molecule has 2 fully saturated rings. The van der Waals surface area contributed by atoms with E-state index in [-0.39, 0.29) is 24.3 Å². The molecule has 1 saturated carbocycles. The van der Waals surface area contributed by atoms with Crippen LogP contribution in [0.1, 0.15) is 44.1 Å². The lowest BCUT2D eigenvalue weighted by Crippen LogP contribution is -2.71. The summed E-state index contributed by atoms with van der Waals surface area (Å²) < 4.78 is 12.1. The summed E-state index contributed by atoms with van der Waals surface area (Å²) in [5.74, 6) is -1.08. The Morgan fingerprint density at radius 1 is 1.20 bits per heavy atom. The molecule has 5 rings (SSSR count). The first-order chi connectivity index (χ1) is 14.6. The van der Waals surface area contributed by atoms with Gasteiger partial charge in [-0.3, -0.25) is 14.5 Å². The monoisotopic (exact) mass is 425 g/mol. The van der Waals surface area contributed by atoms with Gasteiger partial charge in [-0.25, -0.2) is 0 Å². The van der Waals surface area contributed by atoms with Gasteiger partial charge in [0.25, 0.3) is 0 Å². The highest BCUT2D eigenvalue weighted by Crippen LogP contribution is 2.59. The fourth-order valence-corrected chi connectivity index (χ4v) is 5.75. The molecule has 2 aromatic rings. The summed E-state index contributed by atoms with van der Waals surface area (Å²) in [5, 5.41) is 0.593. The molecule has 0 N–H and O–H groups in total. The summed E-state index contributed by atoms with van der Waals surface area (Å²) in [6, 6.07) is 15.0. The van der Waals surface area contributed by atoms with Crippen molar-refractivity contribution in [1.29, 1.82) is 0 Å². The topological polar surface area (TPSA) is 55.8 Å². The van der Waals surface area contributed by atoms with E-state index in [9.17, 15) is 9.59 Å². The van der Waals surface area contributed by atoms with Crippen molar-refractivity contribution >= 4 is 29.2 Å². The molecule has 6 heteroatoms. The molecule has 2 heterocycles. The second kappa shape index (κ2) is 7.31. The lowest BCUT2D eigenvalue weighted by Gasteiger charge is -2.60. The first-order valence-corrected chi connectivity index (χ1v) is 11.0. The Morgan fingerprint density at radius 2 is 1.97 bits per heavy atom. The molecule has 2 aromatic carbocycles. The van der Waals surface area contributed by atoms with Crippen LogP contribution in [-0.4, -0.2) is 24.2 Å². The summed E-state index contributed by atoms with van der Waals surface area (Å²) >= 11 is 6.11. The average Bonchev–Trinajstić information content (AvgIpc) is 2.74. The van der Waals surface area contributed by atoms with Crippen molar-refractivity contribution in [2.75, 3.05) is 11.5 Å². The average molecular weight is 426 g/mol. The Balaban J connectivity index is 1.74. The van der Waals surface area contributed by atoms with Crippen LogP contribution in [0.2, 0.25) is 5.02 Å². The highest BCUT2D eigenvalue weighted by molar-refractivity contribution is 6.30. The molecular formula is C24H24ClNO4. The van der Waals surface area contributed by atoms with Crippen LogP contribution in [0.4, 0.5) is 5.69 Å². The fraction of sp³-hybridized carbons (Fsp3) is 0.417. The van der Waals surface area contributed by atoms with Crippen molar-refractivity contribution in [3.63, 3.8) is 0 Å². The lowest BCUT2D eigenvalue weighted by atomic mass is 9.61. The number of hydrogen-bond donors (Lipinski definition) is 0. The Hall–Kier alpha value is -2.53. The van der Waals surface area contributed by atoms with E-state index < -0.39 is 17.6 Å². The zero-order valence-corrected chi connectivity index (χ0v) is 17.6. The summed E-state index contributed by atoms with van der Waals surface area (Å²) in [5.41, 5.74) is 0.830. The van der Waals surface area contributed by atoms with Gasteiger partial charge in [-0.05, 0) is 55.7 Å². The van der Waals surface area contributed by atoms with Crippen molar-refractivity contribution < 1.29 is 19.1 Å². The summed E-state index contributed by atoms with van der Waals surface area (Å²) in [6.07, 6.45) is 3.64. The zero-order chi connectivity index (χ0) is 20.9. The van der Waals surface area contributed by atoms with E-state index in [1.807, 2.05) is 36.4 Å². The molecule has 156 valence electrons. The summed E-state index contributed by atoms with van der Waals surface area (Å²) in [7, 11) is 0. The van der Waals surface area contributed by atoms with Gasteiger partial charge < -0.3 is 9.47 Å². The molecular weight excluding hydrogens is 402 g/mol. The Labute approximate surface area is 180 Å². The van der Waals surface area contributed by atoms with Gasteiger partial charge in [0, 0.05) is 29.0 Å². The van der Waals surface area contributed by atoms with Gasteiger partial charge in [0.05, 0.1) is 6.61 Å². The van der Waals surface area contributed by atoms with E-state index in [1.165, 1.54) is 0 Å². The molecule has 1 saturated heterocycles. The quantitative estimate of drug-likeness (QED) is 0.517. The van der Waals surface area contributed by atoms with Crippen LogP contribution < -0.4 is 9.64 Å². The molecule has 1 amide bonds. The normalized spacial score (nSPS) is 29.5. The number of amides is 1. The smallest absolute Gasteiger partial charge is 0.319 e. The third-order valence-corrected chi connectivity index (χ3v) is 6.98. The zero-order valence-electron chi connectivity index (χ0n) is 16.8. The number of carbonyl (C=O) groups is 2. The fourth-order valence-electron chi connectivity index (χ4n) is 5.63. The maximum absolute atomic E-state index is 13.9. The molecule has 5 nitrogen and oxygen atoms in total. The van der Waals surface area contributed by atoms with Gasteiger partial charge in [0.2, 0.25) is 5.91 Å². The molecule has 2 aliphatic heterocycles. The van der Waals surface area contributed by atoms with Crippen LogP contribution in [-0.2, 0) is 14.3 Å². The number of rotatable bonds is 3. The number of hydrogen-bond acceptors (Lipinski definition) is 4. The van der Waals surface area contributed by atoms with Crippen molar-refractivity contribution in [3.8, 4) is 5.75 Å². The number of carbonyl (C=O) groups excluding carboxylic acids is 2. The number of benzene rings is 2. The molecule has 2 bridgehead atoms. The first kappa shape index (κ1) is 19.4. The van der Waals surface area contributed by atoms with Gasteiger partial charge in [-0.2, -0.15) is 0 Å². The predicted molar refractivity (Wildman–Crippen MR) is 114 cm³/mol. The van der Waals surface area contributed by atoms with E-state index in [0.29, 0.717) is 10.7 Å². The van der Waals surface area contributed by atoms with Crippen molar-refractivity contribution in [2.45, 2.75) is 44.2 Å². The van der Waals surface area contributed by atoms with Crippen LogP contribution in [0.15, 0.2) is 48.5 Å². The molecule has 1 aliphatic carbocycles. The number of fused-ring (bicyclic) bond motifs is 2. The van der Waals surface area contributed by atoms with Crippen LogP contribution in [0.5, 0.6) is 5.75 Å². The number of piperidine rings is 1. The summed E-state index contributed by atoms with van der Waals surface area (Å²) in [6.45, 7) is 2.01. The van der Waals surface area contributed by atoms with E-state index in [2.05, 4.69) is 0 Å². The second-order valence-electron chi connectivity index (χ2n) is 8.24. The molecule has 0 spiro atoms. The van der Waals surface area contributed by atoms with Gasteiger partial charge in [0.15, 0.2) is 5.72 Å². The molecule has 4 atom stereocenters. The van der Waals surface area contributed by atoms with Crippen LogP contribution >= 0.6 is 11.6 Å². The minimum atomic E-state index is -0.887. The minimum Gasteiger partial charge on any atom is -0.467 e. The number of halogens is 1. The van der Waals surface area contributed by atoms with E-state index in [0.717, 1.165) is 37.0 Å². The SMILES string of the molecule is CCOC(=O)C1C(=O)N(c2ccc(Cl)cc2)C23CCCCC2C1c1ccccc1O3. The van der Waals surface area contributed by atoms with Crippen molar-refractivity contribution in [3.05, 3.63) is 59.1 Å². The van der Waals surface area contributed by atoms with Gasteiger partial charge in [-0.15, -0.1) is 0 Å². The molecule has 3 aliphatic rings.